The Morgan fingerprint density at radius 2 is 2.08 bits per heavy atom. The quantitative estimate of drug-likeness (QED) is 0.820. The van der Waals surface area contributed by atoms with Crippen LogP contribution < -0.4 is 10.5 Å². The fourth-order valence-electron chi connectivity index (χ4n) is 3.45. The number of piperidine rings is 1. The van der Waals surface area contributed by atoms with Crippen LogP contribution in [0.4, 0.5) is 0 Å². The van der Waals surface area contributed by atoms with E-state index in [-0.39, 0.29) is 24.5 Å². The van der Waals surface area contributed by atoms with Crippen molar-refractivity contribution in [1.29, 1.82) is 0 Å². The number of amides is 2. The first kappa shape index (κ1) is 16.8. The summed E-state index contributed by atoms with van der Waals surface area (Å²) in [5.74, 6) is 0.590. The lowest BCUT2D eigenvalue weighted by molar-refractivity contribution is -0.136. The topological polar surface area (TPSA) is 99.7 Å². The minimum Gasteiger partial charge on any atom is -0.480 e. The van der Waals surface area contributed by atoms with Crippen molar-refractivity contribution in [2.75, 3.05) is 19.7 Å². The first-order valence-corrected chi connectivity index (χ1v) is 8.37. The number of hydrogen-bond acceptors (Lipinski definition) is 5. The highest BCUT2D eigenvalue weighted by molar-refractivity contribution is 5.79. The van der Waals surface area contributed by atoms with E-state index in [4.69, 9.17) is 15.2 Å². The summed E-state index contributed by atoms with van der Waals surface area (Å²) in [5.41, 5.74) is 5.30. The summed E-state index contributed by atoms with van der Waals surface area (Å²) in [5, 5.41) is 4.00. The molecule has 0 bridgehead atoms. The molecule has 2 aliphatic heterocycles. The minimum absolute atomic E-state index is 0.0142. The second-order valence-corrected chi connectivity index (χ2v) is 6.50. The summed E-state index contributed by atoms with van der Waals surface area (Å²) in [6.07, 6.45) is 6.31. The van der Waals surface area contributed by atoms with Crippen LogP contribution in [-0.2, 0) is 21.4 Å². The van der Waals surface area contributed by atoms with Gasteiger partial charge in [-0.3, -0.25) is 14.3 Å². The van der Waals surface area contributed by atoms with Crippen molar-refractivity contribution in [2.45, 2.75) is 37.9 Å². The normalized spacial score (nSPS) is 25.0. The van der Waals surface area contributed by atoms with E-state index in [1.54, 1.807) is 24.1 Å². The predicted molar refractivity (Wildman–Crippen MR) is 85.1 cm³/mol. The summed E-state index contributed by atoms with van der Waals surface area (Å²) in [6.45, 7) is 1.42. The number of carbonyl (C=O) groups excluding carboxylic acids is 2. The number of ether oxygens (including phenoxy) is 2. The van der Waals surface area contributed by atoms with E-state index in [9.17, 15) is 9.59 Å². The lowest BCUT2D eigenvalue weighted by atomic mass is 9.89. The number of aryl methyl sites for hydroxylation is 1. The number of rotatable bonds is 5. The molecule has 3 heterocycles. The standard InChI is InChI=1S/C16H24N4O4/c1-19-9-12(8-18-19)23-10-15(21)20-6-4-11(5-7-20)13-2-3-14(24-13)16(17)22/h8-9,11,13-14H,2-7,10H2,1H3,(H2,17,22)/t13-,14+/m0/s1. The van der Waals surface area contributed by atoms with Crippen LogP contribution in [0.3, 0.4) is 0 Å². The van der Waals surface area contributed by atoms with Crippen molar-refractivity contribution >= 4 is 11.8 Å². The molecule has 3 rings (SSSR count). The van der Waals surface area contributed by atoms with Gasteiger partial charge in [-0.15, -0.1) is 0 Å². The summed E-state index contributed by atoms with van der Waals surface area (Å²) in [7, 11) is 1.80. The number of likely N-dealkylation sites (tertiary alicyclic amines) is 1. The van der Waals surface area contributed by atoms with E-state index in [2.05, 4.69) is 5.10 Å². The molecule has 1 aromatic heterocycles. The fraction of sp³-hybridized carbons (Fsp3) is 0.688. The number of nitrogens with two attached hydrogens (primary N) is 1. The number of aromatic nitrogens is 2. The average Bonchev–Trinajstić information content (AvgIpc) is 3.22. The molecule has 2 N–H and O–H groups in total. The van der Waals surface area contributed by atoms with Crippen molar-refractivity contribution in [2.24, 2.45) is 18.7 Å². The number of hydrogen-bond donors (Lipinski definition) is 1. The van der Waals surface area contributed by atoms with Crippen LogP contribution in [0.2, 0.25) is 0 Å². The molecule has 24 heavy (non-hydrogen) atoms. The Bertz CT molecular complexity index is 595. The van der Waals surface area contributed by atoms with Crippen molar-refractivity contribution in [1.82, 2.24) is 14.7 Å². The molecule has 0 unspecified atom stereocenters. The molecule has 0 radical (unpaired) electrons. The maximum Gasteiger partial charge on any atom is 0.260 e. The van der Waals surface area contributed by atoms with Crippen LogP contribution in [0.15, 0.2) is 12.4 Å². The monoisotopic (exact) mass is 336 g/mol. The lowest BCUT2D eigenvalue weighted by Crippen LogP contribution is -2.43. The first-order valence-electron chi connectivity index (χ1n) is 8.37. The summed E-state index contributed by atoms with van der Waals surface area (Å²) in [6, 6.07) is 0. The molecule has 0 aliphatic carbocycles. The Morgan fingerprint density at radius 3 is 2.67 bits per heavy atom. The molecular weight excluding hydrogens is 312 g/mol. The molecule has 2 amide bonds. The van der Waals surface area contributed by atoms with Gasteiger partial charge in [0.1, 0.15) is 6.10 Å². The largest absolute Gasteiger partial charge is 0.480 e. The van der Waals surface area contributed by atoms with Gasteiger partial charge in [-0.05, 0) is 31.6 Å². The molecule has 8 heteroatoms. The third-order valence-electron chi connectivity index (χ3n) is 4.83. The van der Waals surface area contributed by atoms with Crippen LogP contribution in [-0.4, -0.2) is 58.4 Å². The molecule has 0 spiro atoms. The third-order valence-corrected chi connectivity index (χ3v) is 4.83. The van der Waals surface area contributed by atoms with Gasteiger partial charge in [0, 0.05) is 20.1 Å². The Balaban J connectivity index is 1.41. The predicted octanol–water partition coefficient (Wildman–Crippen LogP) is 0.0704. The van der Waals surface area contributed by atoms with Gasteiger partial charge >= 0.3 is 0 Å². The van der Waals surface area contributed by atoms with Crippen molar-refractivity contribution < 1.29 is 19.1 Å². The third kappa shape index (κ3) is 3.87. The zero-order valence-corrected chi connectivity index (χ0v) is 13.9. The number of primary amides is 1. The summed E-state index contributed by atoms with van der Waals surface area (Å²) >= 11 is 0. The molecule has 1 aromatic rings. The highest BCUT2D eigenvalue weighted by Gasteiger charge is 2.36. The van der Waals surface area contributed by atoms with Gasteiger partial charge in [-0.25, -0.2) is 0 Å². The second kappa shape index (κ2) is 7.21. The molecule has 132 valence electrons. The van der Waals surface area contributed by atoms with Gasteiger partial charge in [0.25, 0.3) is 5.91 Å². The maximum absolute atomic E-state index is 12.2. The Morgan fingerprint density at radius 1 is 1.33 bits per heavy atom. The smallest absolute Gasteiger partial charge is 0.260 e. The van der Waals surface area contributed by atoms with E-state index < -0.39 is 6.10 Å². The van der Waals surface area contributed by atoms with E-state index in [1.165, 1.54) is 0 Å². The van der Waals surface area contributed by atoms with E-state index >= 15 is 0 Å². The fourth-order valence-corrected chi connectivity index (χ4v) is 3.45. The van der Waals surface area contributed by atoms with Crippen molar-refractivity contribution in [3.8, 4) is 5.75 Å². The highest BCUT2D eigenvalue weighted by atomic mass is 16.5. The van der Waals surface area contributed by atoms with Crippen LogP contribution >= 0.6 is 0 Å². The molecule has 8 nitrogen and oxygen atoms in total. The molecular formula is C16H24N4O4. The first-order chi connectivity index (χ1) is 11.5. The summed E-state index contributed by atoms with van der Waals surface area (Å²) < 4.78 is 12.8. The molecule has 2 aliphatic rings. The Labute approximate surface area is 140 Å². The van der Waals surface area contributed by atoms with Crippen LogP contribution in [0.25, 0.3) is 0 Å². The molecule has 2 fully saturated rings. The van der Waals surface area contributed by atoms with Crippen LogP contribution in [0.1, 0.15) is 25.7 Å². The van der Waals surface area contributed by atoms with Crippen LogP contribution in [0, 0.1) is 5.92 Å². The van der Waals surface area contributed by atoms with Gasteiger partial charge in [-0.1, -0.05) is 0 Å². The average molecular weight is 336 g/mol. The maximum atomic E-state index is 12.2. The van der Waals surface area contributed by atoms with Gasteiger partial charge in [-0.2, -0.15) is 5.10 Å². The van der Waals surface area contributed by atoms with E-state index in [0.29, 0.717) is 31.2 Å². The SMILES string of the molecule is Cn1cc(OCC(=O)N2CCC([C@@H]3CC[C@H](C(N)=O)O3)CC2)cn1. The zero-order chi connectivity index (χ0) is 17.1. The van der Waals surface area contributed by atoms with Crippen LogP contribution in [0.5, 0.6) is 5.75 Å². The summed E-state index contributed by atoms with van der Waals surface area (Å²) in [4.78, 5) is 25.2. The van der Waals surface area contributed by atoms with Gasteiger partial charge in [0.15, 0.2) is 12.4 Å². The zero-order valence-electron chi connectivity index (χ0n) is 13.9. The molecule has 2 atom stereocenters. The van der Waals surface area contributed by atoms with Crippen molar-refractivity contribution in [3.63, 3.8) is 0 Å². The number of carbonyl (C=O) groups is 2. The van der Waals surface area contributed by atoms with E-state index in [0.717, 1.165) is 19.3 Å². The molecule has 0 saturated carbocycles. The van der Waals surface area contributed by atoms with Gasteiger partial charge in [0.2, 0.25) is 5.91 Å². The van der Waals surface area contributed by atoms with Crippen molar-refractivity contribution in [3.05, 3.63) is 12.4 Å². The number of nitrogens with zero attached hydrogens (tertiary/aromatic N) is 3. The second-order valence-electron chi connectivity index (χ2n) is 6.50. The van der Waals surface area contributed by atoms with Gasteiger partial charge in [0.05, 0.1) is 18.5 Å². The highest BCUT2D eigenvalue weighted by Crippen LogP contribution is 2.31. The Hall–Kier alpha value is -2.09. The van der Waals surface area contributed by atoms with E-state index in [1.807, 2.05) is 4.90 Å². The molecule has 0 aromatic carbocycles. The lowest BCUT2D eigenvalue weighted by Gasteiger charge is -2.34. The molecule has 2 saturated heterocycles. The minimum atomic E-state index is -0.442. The van der Waals surface area contributed by atoms with Gasteiger partial charge < -0.3 is 20.1 Å². The Kier molecular flexibility index (Phi) is 5.03.